The first-order valence-electron chi connectivity index (χ1n) is 11.5. The third-order valence-electron chi connectivity index (χ3n) is 6.49. The Morgan fingerprint density at radius 1 is 1.15 bits per heavy atom. The second kappa shape index (κ2) is 9.55. The van der Waals surface area contributed by atoms with Crippen LogP contribution in [0.25, 0.3) is 11.0 Å². The Morgan fingerprint density at radius 3 is 2.58 bits per heavy atom. The fourth-order valence-corrected chi connectivity index (χ4v) is 5.52. The monoisotopic (exact) mass is 469 g/mol. The molecule has 0 fully saturated rings. The van der Waals surface area contributed by atoms with Gasteiger partial charge in [0.25, 0.3) is 0 Å². The van der Waals surface area contributed by atoms with Crippen molar-refractivity contribution in [3.8, 4) is 0 Å². The summed E-state index contributed by atoms with van der Waals surface area (Å²) in [7, 11) is -3.04. The number of fused-ring (bicyclic) bond motifs is 3. The molecule has 4 rings (SSSR count). The van der Waals surface area contributed by atoms with Crippen LogP contribution in [-0.4, -0.2) is 47.2 Å². The van der Waals surface area contributed by atoms with E-state index >= 15 is 0 Å². The van der Waals surface area contributed by atoms with Gasteiger partial charge in [-0.2, -0.15) is 0 Å². The Bertz CT molecular complexity index is 1250. The third kappa shape index (κ3) is 5.05. The van der Waals surface area contributed by atoms with Gasteiger partial charge in [0.05, 0.1) is 22.5 Å². The molecule has 8 heteroatoms. The summed E-state index contributed by atoms with van der Waals surface area (Å²) in [6.07, 6.45) is 4.73. The molecule has 33 heavy (non-hydrogen) atoms. The molecule has 3 aromatic rings. The zero-order chi connectivity index (χ0) is 23.6. The number of sulfone groups is 1. The van der Waals surface area contributed by atoms with Gasteiger partial charge in [-0.05, 0) is 49.8 Å². The maximum atomic E-state index is 12.0. The average Bonchev–Trinajstić information content (AvgIpc) is 3.14. The van der Waals surface area contributed by atoms with Gasteiger partial charge in [0.1, 0.15) is 15.7 Å². The zero-order valence-electron chi connectivity index (χ0n) is 19.2. The van der Waals surface area contributed by atoms with Crippen molar-refractivity contribution < 1.29 is 18.3 Å². The molecular weight excluding hydrogens is 438 g/mol. The predicted octanol–water partition coefficient (Wildman–Crippen LogP) is 4.47. The summed E-state index contributed by atoms with van der Waals surface area (Å²) in [5.41, 5.74) is 4.71. The van der Waals surface area contributed by atoms with E-state index in [1.807, 2.05) is 37.3 Å². The molecule has 1 atom stereocenters. The molecule has 0 saturated heterocycles. The maximum Gasteiger partial charge on any atom is 0.412 e. The topological polar surface area (TPSA) is 92.5 Å². The molecule has 1 N–H and O–H groups in total. The van der Waals surface area contributed by atoms with Crippen molar-refractivity contribution >= 4 is 32.7 Å². The number of carboxylic acid groups (broad SMARTS) is 1. The van der Waals surface area contributed by atoms with Gasteiger partial charge in [-0.25, -0.2) is 18.2 Å². The van der Waals surface area contributed by atoms with Crippen molar-refractivity contribution in [2.75, 3.05) is 16.9 Å². The molecule has 2 heterocycles. The Balaban J connectivity index is 1.74. The lowest BCUT2D eigenvalue weighted by Crippen LogP contribution is -2.42. The smallest absolute Gasteiger partial charge is 0.412 e. The lowest BCUT2D eigenvalue weighted by Gasteiger charge is -2.34. The van der Waals surface area contributed by atoms with Gasteiger partial charge in [0.2, 0.25) is 0 Å². The summed E-state index contributed by atoms with van der Waals surface area (Å²) in [6, 6.07) is 14.0. The first kappa shape index (κ1) is 23.3. The Kier molecular flexibility index (Phi) is 6.74. The minimum Gasteiger partial charge on any atom is -0.465 e. The number of hydrogen-bond donors (Lipinski definition) is 1. The van der Waals surface area contributed by atoms with Crippen molar-refractivity contribution in [3.63, 3.8) is 0 Å². The van der Waals surface area contributed by atoms with Crippen LogP contribution < -0.4 is 4.90 Å². The zero-order valence-corrected chi connectivity index (χ0v) is 20.0. The fourth-order valence-electron chi connectivity index (χ4n) is 4.87. The molecule has 1 aromatic heterocycles. The molecule has 0 spiro atoms. The van der Waals surface area contributed by atoms with E-state index in [2.05, 4.69) is 16.7 Å². The highest BCUT2D eigenvalue weighted by Gasteiger charge is 2.32. The number of hydrogen-bond acceptors (Lipinski definition) is 4. The maximum absolute atomic E-state index is 12.0. The molecule has 0 radical (unpaired) electrons. The molecule has 0 bridgehead atoms. The van der Waals surface area contributed by atoms with Crippen LogP contribution in [0.15, 0.2) is 42.5 Å². The normalized spacial score (nSPS) is 16.2. The van der Waals surface area contributed by atoms with Gasteiger partial charge in [0, 0.05) is 30.8 Å². The summed E-state index contributed by atoms with van der Waals surface area (Å²) >= 11 is 0. The Morgan fingerprint density at radius 2 is 1.91 bits per heavy atom. The van der Waals surface area contributed by atoms with Gasteiger partial charge in [-0.1, -0.05) is 37.3 Å². The quantitative estimate of drug-likeness (QED) is 0.526. The minimum atomic E-state index is -3.04. The largest absolute Gasteiger partial charge is 0.465 e. The van der Waals surface area contributed by atoms with Crippen LogP contribution in [0.3, 0.4) is 0 Å². The van der Waals surface area contributed by atoms with E-state index in [-0.39, 0.29) is 11.8 Å². The van der Waals surface area contributed by atoms with E-state index in [0.29, 0.717) is 13.0 Å². The number of carbonyl (C=O) groups is 1. The Labute approximate surface area is 195 Å². The average molecular weight is 470 g/mol. The summed E-state index contributed by atoms with van der Waals surface area (Å²) in [5, 5.41) is 9.86. The summed E-state index contributed by atoms with van der Waals surface area (Å²) in [6.45, 7) is 2.58. The fraction of sp³-hybridized carbons (Fsp3) is 0.440. The number of aromatic nitrogens is 2. The van der Waals surface area contributed by atoms with Crippen molar-refractivity contribution in [1.29, 1.82) is 0 Å². The minimum absolute atomic E-state index is 0.0261. The standard InChI is InChI=1S/C25H31N3O4S/c1-3-19-11-12-20-21(28(19)25(29)30)13-14-22-24(20)26-23(15-10-18-8-5-4-6-9-18)27(22)16-7-17-33(2,31)32/h4-6,8-9,13-14,19H,3,7,10-12,15-17H2,1-2H3,(H,29,30). The molecule has 0 aliphatic carbocycles. The molecule has 0 saturated carbocycles. The molecule has 1 aliphatic heterocycles. The van der Waals surface area contributed by atoms with Crippen molar-refractivity contribution in [2.45, 2.75) is 58.0 Å². The number of rotatable bonds is 8. The second-order valence-corrected chi connectivity index (χ2v) is 11.1. The van der Waals surface area contributed by atoms with Gasteiger partial charge in [0.15, 0.2) is 0 Å². The SMILES string of the molecule is CCC1CCc2c(ccc3c2nc(CCc2ccccc2)n3CCCS(C)(=O)=O)N1C(=O)O. The van der Waals surface area contributed by atoms with Crippen LogP contribution in [0.2, 0.25) is 0 Å². The lowest BCUT2D eigenvalue weighted by atomic mass is 9.93. The van der Waals surface area contributed by atoms with Crippen LogP contribution in [0.4, 0.5) is 10.5 Å². The van der Waals surface area contributed by atoms with Crippen LogP contribution >= 0.6 is 0 Å². The highest BCUT2D eigenvalue weighted by molar-refractivity contribution is 7.90. The number of anilines is 1. The van der Waals surface area contributed by atoms with Gasteiger partial charge < -0.3 is 9.67 Å². The number of nitrogens with zero attached hydrogens (tertiary/aromatic N) is 3. The van der Waals surface area contributed by atoms with E-state index in [4.69, 9.17) is 4.98 Å². The molecule has 1 aliphatic rings. The van der Waals surface area contributed by atoms with Crippen LogP contribution in [-0.2, 0) is 35.6 Å². The van der Waals surface area contributed by atoms with Gasteiger partial charge >= 0.3 is 6.09 Å². The van der Waals surface area contributed by atoms with Crippen LogP contribution in [0.1, 0.15) is 43.1 Å². The third-order valence-corrected chi connectivity index (χ3v) is 7.52. The van der Waals surface area contributed by atoms with E-state index in [1.54, 1.807) is 0 Å². The number of amides is 1. The van der Waals surface area contributed by atoms with Crippen LogP contribution in [0.5, 0.6) is 0 Å². The van der Waals surface area contributed by atoms with Crippen LogP contribution in [0, 0.1) is 0 Å². The highest BCUT2D eigenvalue weighted by atomic mass is 32.2. The van der Waals surface area contributed by atoms with E-state index in [9.17, 15) is 18.3 Å². The first-order valence-corrected chi connectivity index (χ1v) is 13.6. The van der Waals surface area contributed by atoms with E-state index in [1.165, 1.54) is 16.7 Å². The Hall–Kier alpha value is -2.87. The molecule has 2 aromatic carbocycles. The predicted molar refractivity (Wildman–Crippen MR) is 131 cm³/mol. The van der Waals surface area contributed by atoms with Gasteiger partial charge in [-0.3, -0.25) is 4.90 Å². The van der Waals surface area contributed by atoms with Crippen molar-refractivity contribution in [3.05, 3.63) is 59.4 Å². The van der Waals surface area contributed by atoms with Gasteiger partial charge in [-0.15, -0.1) is 0 Å². The highest BCUT2D eigenvalue weighted by Crippen LogP contribution is 2.37. The van der Waals surface area contributed by atoms with E-state index in [0.717, 1.165) is 60.2 Å². The number of imidazole rings is 1. The molecule has 7 nitrogen and oxygen atoms in total. The molecule has 1 unspecified atom stereocenters. The summed E-state index contributed by atoms with van der Waals surface area (Å²) in [4.78, 5) is 18.5. The molecular formula is C25H31N3O4S. The second-order valence-electron chi connectivity index (χ2n) is 8.83. The molecule has 176 valence electrons. The van der Waals surface area contributed by atoms with Crippen molar-refractivity contribution in [1.82, 2.24) is 9.55 Å². The lowest BCUT2D eigenvalue weighted by molar-refractivity contribution is 0.197. The molecule has 1 amide bonds. The van der Waals surface area contributed by atoms with E-state index < -0.39 is 15.9 Å². The first-order chi connectivity index (χ1) is 15.8. The summed E-state index contributed by atoms with van der Waals surface area (Å²) < 4.78 is 25.5. The van der Waals surface area contributed by atoms with Crippen molar-refractivity contribution in [2.24, 2.45) is 0 Å². The number of benzene rings is 2. The number of aryl methyl sites for hydroxylation is 4. The summed E-state index contributed by atoms with van der Waals surface area (Å²) in [5.74, 6) is 1.04.